The van der Waals surface area contributed by atoms with Crippen molar-refractivity contribution in [3.63, 3.8) is 0 Å². The van der Waals surface area contributed by atoms with Crippen molar-refractivity contribution in [2.24, 2.45) is 5.41 Å². The second kappa shape index (κ2) is 7.00. The quantitative estimate of drug-likeness (QED) is 0.834. The van der Waals surface area contributed by atoms with Crippen LogP contribution < -0.4 is 0 Å². The number of piperidine rings is 1. The van der Waals surface area contributed by atoms with E-state index in [1.807, 2.05) is 0 Å². The van der Waals surface area contributed by atoms with Gasteiger partial charge in [-0.15, -0.1) is 0 Å². The molecular formula is C15H17F3N2O3S. The first-order valence-electron chi connectivity index (χ1n) is 7.29. The summed E-state index contributed by atoms with van der Waals surface area (Å²) in [5.41, 5.74) is -1.79. The van der Waals surface area contributed by atoms with E-state index < -0.39 is 23.1 Å². The molecule has 1 aliphatic rings. The number of carboxylic acids is 1. The number of carbonyl (C=O) groups excluding carboxylic acids is 1. The first-order chi connectivity index (χ1) is 11.1. The molecule has 0 bridgehead atoms. The van der Waals surface area contributed by atoms with E-state index in [4.69, 9.17) is 0 Å². The average Bonchev–Trinajstić information content (AvgIpc) is 2.52. The second-order valence-electron chi connectivity index (χ2n) is 5.96. The van der Waals surface area contributed by atoms with Crippen molar-refractivity contribution in [3.05, 3.63) is 23.9 Å². The molecule has 1 aliphatic heterocycles. The van der Waals surface area contributed by atoms with Crippen LogP contribution in [0.25, 0.3) is 0 Å². The molecule has 0 aliphatic carbocycles. The van der Waals surface area contributed by atoms with Crippen LogP contribution in [0, 0.1) is 5.41 Å². The zero-order valence-corrected chi connectivity index (χ0v) is 13.8. The highest BCUT2D eigenvalue weighted by Crippen LogP contribution is 2.31. The lowest BCUT2D eigenvalue weighted by molar-refractivity contribution is -0.153. The molecule has 1 atom stereocenters. The van der Waals surface area contributed by atoms with Gasteiger partial charge in [-0.25, -0.2) is 4.98 Å². The van der Waals surface area contributed by atoms with Crippen molar-refractivity contribution >= 4 is 23.6 Å². The van der Waals surface area contributed by atoms with Gasteiger partial charge in [0.05, 0.1) is 21.8 Å². The summed E-state index contributed by atoms with van der Waals surface area (Å²) < 4.78 is 37.4. The number of carbonyl (C=O) groups is 2. The summed E-state index contributed by atoms with van der Waals surface area (Å²) in [4.78, 5) is 28.7. The molecule has 132 valence electrons. The number of halogens is 3. The third-order valence-corrected chi connectivity index (χ3v) is 4.90. The summed E-state index contributed by atoms with van der Waals surface area (Å²) in [7, 11) is 0. The van der Waals surface area contributed by atoms with Gasteiger partial charge in [0, 0.05) is 19.3 Å². The highest BCUT2D eigenvalue weighted by molar-refractivity contribution is 7.99. The van der Waals surface area contributed by atoms with Crippen LogP contribution in [-0.2, 0) is 15.8 Å². The van der Waals surface area contributed by atoms with Crippen molar-refractivity contribution in [2.75, 3.05) is 18.8 Å². The number of thioether (sulfide) groups is 1. The fourth-order valence-corrected chi connectivity index (χ4v) is 3.23. The first-order valence-corrected chi connectivity index (χ1v) is 8.28. The zero-order valence-electron chi connectivity index (χ0n) is 13.0. The van der Waals surface area contributed by atoms with Gasteiger partial charge in [0.15, 0.2) is 0 Å². The van der Waals surface area contributed by atoms with Gasteiger partial charge in [-0.05, 0) is 31.9 Å². The number of rotatable bonds is 4. The van der Waals surface area contributed by atoms with E-state index in [1.54, 1.807) is 6.92 Å². The van der Waals surface area contributed by atoms with Crippen LogP contribution >= 0.6 is 11.8 Å². The van der Waals surface area contributed by atoms with Crippen LogP contribution in [0.5, 0.6) is 0 Å². The fourth-order valence-electron chi connectivity index (χ4n) is 2.49. The van der Waals surface area contributed by atoms with Crippen molar-refractivity contribution in [1.82, 2.24) is 9.88 Å². The largest absolute Gasteiger partial charge is 0.481 e. The average molecular weight is 362 g/mol. The second-order valence-corrected chi connectivity index (χ2v) is 6.95. The number of amides is 1. The van der Waals surface area contributed by atoms with Gasteiger partial charge in [-0.1, -0.05) is 11.8 Å². The standard InChI is InChI=1S/C15H17F3N2O3S/c1-14(13(22)23)5-2-6-20(9-14)12(21)8-24-11-4-3-10(7-19-11)15(16,17)18/h3-4,7H,2,5-6,8-9H2,1H3,(H,22,23). The lowest BCUT2D eigenvalue weighted by Gasteiger charge is -2.37. The van der Waals surface area contributed by atoms with Gasteiger partial charge in [0.1, 0.15) is 0 Å². The summed E-state index contributed by atoms with van der Waals surface area (Å²) in [5, 5.41) is 9.57. The molecule has 1 unspecified atom stereocenters. The highest BCUT2D eigenvalue weighted by Gasteiger charge is 2.39. The number of carboxylic acid groups (broad SMARTS) is 1. The number of nitrogens with zero attached hydrogens (tertiary/aromatic N) is 2. The molecule has 9 heteroatoms. The Balaban J connectivity index is 1.92. The molecule has 1 aromatic rings. The van der Waals surface area contributed by atoms with E-state index in [2.05, 4.69) is 4.98 Å². The first kappa shape index (κ1) is 18.6. The Hall–Kier alpha value is -1.77. The summed E-state index contributed by atoms with van der Waals surface area (Å²) in [6.07, 6.45) is -2.59. The summed E-state index contributed by atoms with van der Waals surface area (Å²) in [6.45, 7) is 2.24. The fraction of sp³-hybridized carbons (Fsp3) is 0.533. The number of alkyl halides is 3. The number of likely N-dealkylation sites (tertiary alicyclic amines) is 1. The topological polar surface area (TPSA) is 70.5 Å². The Morgan fingerprint density at radius 3 is 2.67 bits per heavy atom. The van der Waals surface area contributed by atoms with E-state index in [0.29, 0.717) is 24.4 Å². The third-order valence-electron chi connectivity index (χ3n) is 3.97. The molecule has 1 saturated heterocycles. The maximum atomic E-state index is 12.5. The van der Waals surface area contributed by atoms with Gasteiger partial charge in [-0.2, -0.15) is 13.2 Å². The minimum Gasteiger partial charge on any atom is -0.481 e. The molecular weight excluding hydrogens is 345 g/mol. The van der Waals surface area contributed by atoms with Crippen molar-refractivity contribution in [1.29, 1.82) is 0 Å². The van der Waals surface area contributed by atoms with Gasteiger partial charge in [-0.3, -0.25) is 9.59 Å². The summed E-state index contributed by atoms with van der Waals surface area (Å²) in [5.74, 6) is -1.17. The third kappa shape index (κ3) is 4.40. The number of hydrogen-bond acceptors (Lipinski definition) is 4. The van der Waals surface area contributed by atoms with E-state index in [1.165, 1.54) is 11.0 Å². The molecule has 2 rings (SSSR count). The van der Waals surface area contributed by atoms with Gasteiger partial charge >= 0.3 is 12.1 Å². The molecule has 1 N–H and O–H groups in total. The lowest BCUT2D eigenvalue weighted by Crippen LogP contribution is -2.48. The Morgan fingerprint density at radius 2 is 2.12 bits per heavy atom. The Bertz CT molecular complexity index is 621. The molecule has 1 amide bonds. The number of pyridine rings is 1. The predicted octanol–water partition coefficient (Wildman–Crippen LogP) is 2.91. The van der Waals surface area contributed by atoms with Crippen LogP contribution in [0.15, 0.2) is 23.4 Å². The van der Waals surface area contributed by atoms with Gasteiger partial charge in [0.25, 0.3) is 0 Å². The van der Waals surface area contributed by atoms with E-state index in [0.717, 1.165) is 24.0 Å². The maximum absolute atomic E-state index is 12.5. The Kier molecular flexibility index (Phi) is 5.42. The van der Waals surface area contributed by atoms with Crippen molar-refractivity contribution < 1.29 is 27.9 Å². The van der Waals surface area contributed by atoms with Crippen LogP contribution in [0.1, 0.15) is 25.3 Å². The SMILES string of the molecule is CC1(C(=O)O)CCCN(C(=O)CSc2ccc(C(F)(F)F)cn2)C1. The van der Waals surface area contributed by atoms with Crippen LogP contribution in [0.2, 0.25) is 0 Å². The van der Waals surface area contributed by atoms with E-state index in [9.17, 15) is 27.9 Å². The highest BCUT2D eigenvalue weighted by atomic mass is 32.2. The minimum atomic E-state index is -4.44. The van der Waals surface area contributed by atoms with Crippen LogP contribution in [0.4, 0.5) is 13.2 Å². The molecule has 2 heterocycles. The molecule has 0 radical (unpaired) electrons. The predicted molar refractivity (Wildman–Crippen MR) is 81.5 cm³/mol. The number of aromatic nitrogens is 1. The van der Waals surface area contributed by atoms with Crippen molar-refractivity contribution in [2.45, 2.75) is 31.0 Å². The molecule has 1 aromatic heterocycles. The Labute approximate surface area is 141 Å². The van der Waals surface area contributed by atoms with Crippen LogP contribution in [0.3, 0.4) is 0 Å². The van der Waals surface area contributed by atoms with Gasteiger partial charge in [0.2, 0.25) is 5.91 Å². The zero-order chi connectivity index (χ0) is 18.0. The number of aliphatic carboxylic acids is 1. The molecule has 0 spiro atoms. The summed E-state index contributed by atoms with van der Waals surface area (Å²) in [6, 6.07) is 2.14. The van der Waals surface area contributed by atoms with Gasteiger partial charge < -0.3 is 10.0 Å². The smallest absolute Gasteiger partial charge is 0.417 e. The normalized spacial score (nSPS) is 21.6. The van der Waals surface area contributed by atoms with Crippen LogP contribution in [-0.4, -0.2) is 45.7 Å². The molecule has 5 nitrogen and oxygen atoms in total. The molecule has 0 aromatic carbocycles. The van der Waals surface area contributed by atoms with E-state index >= 15 is 0 Å². The van der Waals surface area contributed by atoms with Crippen molar-refractivity contribution in [3.8, 4) is 0 Å². The number of hydrogen-bond donors (Lipinski definition) is 1. The lowest BCUT2D eigenvalue weighted by atomic mass is 9.82. The maximum Gasteiger partial charge on any atom is 0.417 e. The molecule has 0 saturated carbocycles. The monoisotopic (exact) mass is 362 g/mol. The minimum absolute atomic E-state index is 0.00800. The summed E-state index contributed by atoms with van der Waals surface area (Å²) >= 11 is 1.03. The molecule has 24 heavy (non-hydrogen) atoms. The Morgan fingerprint density at radius 1 is 1.42 bits per heavy atom. The van der Waals surface area contributed by atoms with E-state index in [-0.39, 0.29) is 18.2 Å². The molecule has 1 fully saturated rings.